The number of hydrogen-bond donors (Lipinski definition) is 1. The number of rotatable bonds is 5. The molecular formula is C13H17FN4. The molecule has 0 bridgehead atoms. The van der Waals surface area contributed by atoms with Crippen molar-refractivity contribution in [3.8, 4) is 11.3 Å². The molecule has 2 aromatic rings. The van der Waals surface area contributed by atoms with Crippen LogP contribution in [0.15, 0.2) is 24.4 Å². The molecule has 1 aromatic carbocycles. The van der Waals surface area contributed by atoms with Gasteiger partial charge in [0.2, 0.25) is 0 Å². The highest BCUT2D eigenvalue weighted by molar-refractivity contribution is 5.59. The Hall–Kier alpha value is -1.75. The Morgan fingerprint density at radius 1 is 1.39 bits per heavy atom. The molecule has 2 rings (SSSR count). The number of benzene rings is 1. The smallest absolute Gasteiger partial charge is 0.132 e. The van der Waals surface area contributed by atoms with E-state index in [0.717, 1.165) is 18.5 Å². The van der Waals surface area contributed by atoms with Gasteiger partial charge in [-0.15, -0.1) is 5.10 Å². The number of nitrogens with zero attached hydrogens (tertiary/aromatic N) is 3. The molecule has 96 valence electrons. The maximum absolute atomic E-state index is 14.0. The Morgan fingerprint density at radius 3 is 2.83 bits per heavy atom. The van der Waals surface area contributed by atoms with Crippen molar-refractivity contribution >= 4 is 0 Å². The quantitative estimate of drug-likeness (QED) is 0.824. The molecule has 4 nitrogen and oxygen atoms in total. The van der Waals surface area contributed by atoms with E-state index in [0.29, 0.717) is 17.8 Å². The van der Waals surface area contributed by atoms with Crippen LogP contribution in [-0.4, -0.2) is 21.5 Å². The molecule has 0 unspecified atom stereocenters. The van der Waals surface area contributed by atoms with E-state index in [9.17, 15) is 4.39 Å². The number of aryl methyl sites for hydroxylation is 1. The summed E-state index contributed by atoms with van der Waals surface area (Å²) in [6, 6.07) is 5.26. The van der Waals surface area contributed by atoms with E-state index < -0.39 is 0 Å². The number of hydrogen-bond acceptors (Lipinski definition) is 3. The minimum absolute atomic E-state index is 0.240. The first-order valence-electron chi connectivity index (χ1n) is 6.06. The van der Waals surface area contributed by atoms with Gasteiger partial charge in [0.15, 0.2) is 0 Å². The first kappa shape index (κ1) is 12.7. The Balaban J connectivity index is 2.18. The van der Waals surface area contributed by atoms with Crippen molar-refractivity contribution in [3.63, 3.8) is 0 Å². The minimum Gasteiger partial charge on any atom is -0.313 e. The van der Waals surface area contributed by atoms with Gasteiger partial charge in [-0.25, -0.2) is 9.07 Å². The number of nitrogens with one attached hydrogen (secondary N) is 1. The van der Waals surface area contributed by atoms with Crippen molar-refractivity contribution in [1.82, 2.24) is 20.3 Å². The summed E-state index contributed by atoms with van der Waals surface area (Å²) in [4.78, 5) is 0. The van der Waals surface area contributed by atoms with Gasteiger partial charge in [-0.2, -0.15) is 0 Å². The van der Waals surface area contributed by atoms with Crippen molar-refractivity contribution in [1.29, 1.82) is 0 Å². The lowest BCUT2D eigenvalue weighted by molar-refractivity contribution is 0.619. The van der Waals surface area contributed by atoms with E-state index in [4.69, 9.17) is 0 Å². The molecule has 0 fully saturated rings. The van der Waals surface area contributed by atoms with Gasteiger partial charge in [-0.1, -0.05) is 18.2 Å². The van der Waals surface area contributed by atoms with E-state index in [-0.39, 0.29) is 5.82 Å². The molecule has 0 saturated carbocycles. The van der Waals surface area contributed by atoms with Crippen molar-refractivity contribution < 1.29 is 4.39 Å². The number of halogens is 1. The lowest BCUT2D eigenvalue weighted by Crippen LogP contribution is -2.13. The highest BCUT2D eigenvalue weighted by Crippen LogP contribution is 2.22. The van der Waals surface area contributed by atoms with Gasteiger partial charge < -0.3 is 5.32 Å². The van der Waals surface area contributed by atoms with Gasteiger partial charge in [0.1, 0.15) is 5.82 Å². The Bertz CT molecular complexity index is 521. The molecule has 0 amide bonds. The summed E-state index contributed by atoms with van der Waals surface area (Å²) >= 11 is 0. The lowest BCUT2D eigenvalue weighted by atomic mass is 10.1. The fourth-order valence-corrected chi connectivity index (χ4v) is 1.82. The minimum atomic E-state index is -0.240. The summed E-state index contributed by atoms with van der Waals surface area (Å²) in [7, 11) is 1.75. The molecule has 0 aliphatic heterocycles. The molecule has 1 N–H and O–H groups in total. The molecule has 5 heteroatoms. The van der Waals surface area contributed by atoms with Crippen LogP contribution >= 0.6 is 0 Å². The van der Waals surface area contributed by atoms with Gasteiger partial charge in [0.05, 0.1) is 11.9 Å². The average Bonchev–Trinajstić information content (AvgIpc) is 2.76. The second-order valence-corrected chi connectivity index (χ2v) is 4.23. The van der Waals surface area contributed by atoms with Gasteiger partial charge in [0, 0.05) is 19.2 Å². The zero-order valence-corrected chi connectivity index (χ0v) is 10.7. The van der Waals surface area contributed by atoms with E-state index in [1.807, 2.05) is 6.07 Å². The third kappa shape index (κ3) is 2.73. The van der Waals surface area contributed by atoms with Crippen LogP contribution in [0.2, 0.25) is 0 Å². The molecule has 0 spiro atoms. The van der Waals surface area contributed by atoms with Gasteiger partial charge in [-0.05, 0) is 30.7 Å². The topological polar surface area (TPSA) is 42.7 Å². The van der Waals surface area contributed by atoms with E-state index in [2.05, 4.69) is 22.6 Å². The summed E-state index contributed by atoms with van der Waals surface area (Å²) in [6.07, 6.45) is 2.63. The lowest BCUT2D eigenvalue weighted by Gasteiger charge is -2.07. The van der Waals surface area contributed by atoms with Crippen molar-refractivity contribution in [2.24, 2.45) is 7.05 Å². The summed E-state index contributed by atoms with van der Waals surface area (Å²) < 4.78 is 15.6. The summed E-state index contributed by atoms with van der Waals surface area (Å²) in [5.41, 5.74) is 2.15. The van der Waals surface area contributed by atoms with Gasteiger partial charge >= 0.3 is 0 Å². The summed E-state index contributed by atoms with van der Waals surface area (Å²) in [6.45, 7) is 3.73. The maximum atomic E-state index is 14.0. The molecule has 0 radical (unpaired) electrons. The Morgan fingerprint density at radius 2 is 2.22 bits per heavy atom. The summed E-state index contributed by atoms with van der Waals surface area (Å²) in [5.74, 6) is -0.240. The highest BCUT2D eigenvalue weighted by atomic mass is 19.1. The fraction of sp³-hybridized carbons (Fsp3) is 0.385. The Kier molecular flexibility index (Phi) is 4.04. The normalized spacial score (nSPS) is 10.8. The second kappa shape index (κ2) is 5.73. The van der Waals surface area contributed by atoms with E-state index in [1.54, 1.807) is 30.1 Å². The molecule has 18 heavy (non-hydrogen) atoms. The van der Waals surface area contributed by atoms with Crippen molar-refractivity contribution in [3.05, 3.63) is 35.8 Å². The molecule has 1 heterocycles. The van der Waals surface area contributed by atoms with Crippen LogP contribution < -0.4 is 5.32 Å². The predicted molar refractivity (Wildman–Crippen MR) is 68.4 cm³/mol. The Labute approximate surface area is 106 Å². The zero-order valence-electron chi connectivity index (χ0n) is 10.7. The molecule has 0 atom stereocenters. The molecule has 0 aliphatic rings. The first-order valence-corrected chi connectivity index (χ1v) is 6.06. The van der Waals surface area contributed by atoms with Crippen LogP contribution in [0.25, 0.3) is 11.3 Å². The third-order valence-electron chi connectivity index (χ3n) is 2.78. The van der Waals surface area contributed by atoms with E-state index >= 15 is 0 Å². The molecule has 0 saturated heterocycles. The molecule has 1 aromatic heterocycles. The second-order valence-electron chi connectivity index (χ2n) is 4.23. The fourth-order valence-electron chi connectivity index (χ4n) is 1.82. The number of aromatic nitrogens is 3. The van der Waals surface area contributed by atoms with Crippen LogP contribution in [0, 0.1) is 5.82 Å². The largest absolute Gasteiger partial charge is 0.313 e. The van der Waals surface area contributed by atoms with Crippen LogP contribution in [0.3, 0.4) is 0 Å². The molecule has 0 aliphatic carbocycles. The highest BCUT2D eigenvalue weighted by Gasteiger charge is 2.09. The third-order valence-corrected chi connectivity index (χ3v) is 2.78. The first-order chi connectivity index (χ1) is 8.72. The predicted octanol–water partition coefficient (Wildman–Crippen LogP) is 2.12. The van der Waals surface area contributed by atoms with Crippen LogP contribution in [-0.2, 0) is 13.6 Å². The maximum Gasteiger partial charge on any atom is 0.132 e. The van der Waals surface area contributed by atoms with E-state index in [1.165, 1.54) is 0 Å². The average molecular weight is 248 g/mol. The zero-order chi connectivity index (χ0) is 13.0. The monoisotopic (exact) mass is 248 g/mol. The summed E-state index contributed by atoms with van der Waals surface area (Å²) in [5, 5.41) is 10.8. The SMILES string of the molecule is CCCNCc1ccc(-c2cnnn2C)c(F)c1. The van der Waals surface area contributed by atoms with Crippen molar-refractivity contribution in [2.75, 3.05) is 6.54 Å². The van der Waals surface area contributed by atoms with Gasteiger partial charge in [-0.3, -0.25) is 0 Å². The van der Waals surface area contributed by atoms with Crippen LogP contribution in [0.1, 0.15) is 18.9 Å². The standard InChI is InChI=1S/C13H17FN4/c1-3-6-15-8-10-4-5-11(12(14)7-10)13-9-16-17-18(13)2/h4-5,7,9,15H,3,6,8H2,1-2H3. The molecular weight excluding hydrogens is 231 g/mol. The van der Waals surface area contributed by atoms with Crippen molar-refractivity contribution in [2.45, 2.75) is 19.9 Å². The van der Waals surface area contributed by atoms with Gasteiger partial charge in [0.25, 0.3) is 0 Å². The van der Waals surface area contributed by atoms with Crippen LogP contribution in [0.5, 0.6) is 0 Å². The van der Waals surface area contributed by atoms with Crippen LogP contribution in [0.4, 0.5) is 4.39 Å².